The SMILES string of the molecule is CCN(CC)CCO[C@H]1CC[C@H](Nc2cc(-n3c4c(c5c3CC(C)(C)CC5=O)COC4)cc(F)c2C(N)=O)CC1. The number of halogens is 1. The quantitative estimate of drug-likeness (QED) is 0.430. The van der Waals surface area contributed by atoms with E-state index in [9.17, 15) is 9.59 Å². The van der Waals surface area contributed by atoms with Crippen LogP contribution in [-0.4, -0.2) is 59.5 Å². The fraction of sp³-hybridized carbons (Fsp3) is 0.613. The Hall–Kier alpha value is -2.75. The van der Waals surface area contributed by atoms with Crippen LogP contribution >= 0.6 is 0 Å². The molecule has 8 nitrogen and oxygen atoms in total. The summed E-state index contributed by atoms with van der Waals surface area (Å²) in [6.45, 7) is 12.9. The lowest BCUT2D eigenvalue weighted by Crippen LogP contribution is -2.33. The first-order valence-corrected chi connectivity index (χ1v) is 14.7. The molecular weight excluding hydrogens is 511 g/mol. The van der Waals surface area contributed by atoms with Crippen LogP contribution in [0.15, 0.2) is 12.1 Å². The number of nitrogens with zero attached hydrogens (tertiary/aromatic N) is 2. The standard InChI is InChI=1S/C31H43FN4O4/c1-5-35(6-2)11-12-40-21-9-7-19(8-10-21)34-24-14-20(13-23(32)29(24)30(33)38)36-25-15-31(3,4)16-27(37)28(25)22-17-39-18-26(22)36/h13-14,19,21,34H,5-12,15-18H2,1-4H3,(H2,33,38)/t19-,21-. The zero-order valence-corrected chi connectivity index (χ0v) is 24.3. The first-order valence-electron chi connectivity index (χ1n) is 14.7. The molecule has 0 bridgehead atoms. The van der Waals surface area contributed by atoms with E-state index in [2.05, 4.69) is 37.9 Å². The minimum atomic E-state index is -0.806. The minimum absolute atomic E-state index is 0.0727. The fourth-order valence-corrected chi connectivity index (χ4v) is 6.70. The van der Waals surface area contributed by atoms with Crippen LogP contribution in [0, 0.1) is 11.2 Å². The second-order valence-corrected chi connectivity index (χ2v) is 12.2. The van der Waals surface area contributed by atoms with E-state index < -0.39 is 11.7 Å². The van der Waals surface area contributed by atoms with Gasteiger partial charge in [-0.2, -0.15) is 0 Å². The number of rotatable bonds is 10. The summed E-state index contributed by atoms with van der Waals surface area (Å²) >= 11 is 0. The Bertz CT molecular complexity index is 1270. The summed E-state index contributed by atoms with van der Waals surface area (Å²) in [4.78, 5) is 27.9. The Morgan fingerprint density at radius 1 is 1.15 bits per heavy atom. The molecule has 9 heteroatoms. The van der Waals surface area contributed by atoms with E-state index in [1.165, 1.54) is 6.07 Å². The molecule has 0 unspecified atom stereocenters. The van der Waals surface area contributed by atoms with Crippen LogP contribution in [-0.2, 0) is 29.1 Å². The van der Waals surface area contributed by atoms with E-state index in [0.29, 0.717) is 37.4 Å². The summed E-state index contributed by atoms with van der Waals surface area (Å²) in [5.74, 6) is -1.37. The third kappa shape index (κ3) is 5.69. The number of benzene rings is 1. The number of amides is 1. The van der Waals surface area contributed by atoms with Crippen molar-refractivity contribution < 1.29 is 23.5 Å². The van der Waals surface area contributed by atoms with Gasteiger partial charge in [-0.1, -0.05) is 27.7 Å². The summed E-state index contributed by atoms with van der Waals surface area (Å²) in [7, 11) is 0. The highest BCUT2D eigenvalue weighted by Crippen LogP contribution is 2.43. The molecule has 1 fully saturated rings. The minimum Gasteiger partial charge on any atom is -0.382 e. The average molecular weight is 555 g/mol. The Kier molecular flexibility index (Phi) is 8.36. The molecule has 40 heavy (non-hydrogen) atoms. The van der Waals surface area contributed by atoms with E-state index in [-0.39, 0.29) is 28.9 Å². The molecule has 3 N–H and O–H groups in total. The highest BCUT2D eigenvalue weighted by Gasteiger charge is 2.39. The summed E-state index contributed by atoms with van der Waals surface area (Å²) in [6.07, 6.45) is 4.88. The van der Waals surface area contributed by atoms with Crippen molar-refractivity contribution in [2.24, 2.45) is 11.1 Å². The van der Waals surface area contributed by atoms with Crippen molar-refractivity contribution in [2.75, 3.05) is 31.6 Å². The molecule has 0 radical (unpaired) electrons. The normalized spacial score (nSPS) is 21.9. The van der Waals surface area contributed by atoms with E-state index >= 15 is 4.39 Å². The Balaban J connectivity index is 1.39. The van der Waals surface area contributed by atoms with Gasteiger partial charge in [0.2, 0.25) is 0 Å². The number of ether oxygens (including phenoxy) is 2. The van der Waals surface area contributed by atoms with Crippen molar-refractivity contribution in [1.82, 2.24) is 9.47 Å². The molecule has 2 heterocycles. The number of hydrogen-bond donors (Lipinski definition) is 2. The molecule has 1 saturated carbocycles. The summed E-state index contributed by atoms with van der Waals surface area (Å²) in [5.41, 5.74) is 9.70. The molecule has 1 aromatic heterocycles. The number of likely N-dealkylation sites (N-methyl/N-ethyl adjacent to an activating group) is 1. The number of nitrogens with two attached hydrogens (primary N) is 1. The Morgan fingerprint density at radius 2 is 1.88 bits per heavy atom. The number of ketones is 1. The van der Waals surface area contributed by atoms with Gasteiger partial charge in [0, 0.05) is 35.8 Å². The van der Waals surface area contributed by atoms with Gasteiger partial charge in [-0.25, -0.2) is 4.39 Å². The Morgan fingerprint density at radius 3 is 2.55 bits per heavy atom. The second kappa shape index (κ2) is 11.6. The number of carbonyl (C=O) groups excluding carboxylic acids is 2. The average Bonchev–Trinajstić information content (AvgIpc) is 3.46. The maximum Gasteiger partial charge on any atom is 0.253 e. The first kappa shape index (κ1) is 28.8. The fourth-order valence-electron chi connectivity index (χ4n) is 6.70. The largest absolute Gasteiger partial charge is 0.382 e. The summed E-state index contributed by atoms with van der Waals surface area (Å²) in [6, 6.07) is 3.24. The highest BCUT2D eigenvalue weighted by atomic mass is 19.1. The second-order valence-electron chi connectivity index (χ2n) is 12.2. The first-order chi connectivity index (χ1) is 19.1. The van der Waals surface area contributed by atoms with Gasteiger partial charge in [0.05, 0.1) is 48.6 Å². The van der Waals surface area contributed by atoms with Crippen molar-refractivity contribution in [3.63, 3.8) is 0 Å². The summed E-state index contributed by atoms with van der Waals surface area (Å²) < 4.78 is 29.4. The molecule has 1 aromatic carbocycles. The third-order valence-electron chi connectivity index (χ3n) is 8.80. The van der Waals surface area contributed by atoms with Gasteiger partial charge in [0.25, 0.3) is 5.91 Å². The molecule has 218 valence electrons. The molecule has 0 spiro atoms. The molecule has 0 atom stereocenters. The lowest BCUT2D eigenvalue weighted by Gasteiger charge is -2.31. The zero-order valence-electron chi connectivity index (χ0n) is 24.3. The van der Waals surface area contributed by atoms with Crippen LogP contribution in [0.5, 0.6) is 0 Å². The summed E-state index contributed by atoms with van der Waals surface area (Å²) in [5, 5.41) is 3.44. The van der Waals surface area contributed by atoms with Gasteiger partial charge >= 0.3 is 0 Å². The topological polar surface area (TPSA) is 98.8 Å². The van der Waals surface area contributed by atoms with Crippen molar-refractivity contribution >= 4 is 17.4 Å². The van der Waals surface area contributed by atoms with E-state index in [1.54, 1.807) is 6.07 Å². The maximum atomic E-state index is 15.6. The maximum absolute atomic E-state index is 15.6. The van der Waals surface area contributed by atoms with Crippen LogP contribution in [0.2, 0.25) is 0 Å². The van der Waals surface area contributed by atoms with E-state index in [1.807, 2.05) is 4.57 Å². The van der Waals surface area contributed by atoms with Crippen LogP contribution in [0.4, 0.5) is 10.1 Å². The number of aromatic nitrogens is 1. The number of primary amides is 1. The van der Waals surface area contributed by atoms with Gasteiger partial charge in [-0.05, 0) is 62.7 Å². The van der Waals surface area contributed by atoms with Crippen molar-refractivity contribution in [3.05, 3.63) is 46.0 Å². The predicted octanol–water partition coefficient (Wildman–Crippen LogP) is 4.98. The number of Topliss-reactive ketones (excluding diaryl/α,β-unsaturated/α-hetero) is 1. The number of hydrogen-bond acceptors (Lipinski definition) is 6. The lowest BCUT2D eigenvalue weighted by molar-refractivity contribution is 0.0156. The van der Waals surface area contributed by atoms with Crippen LogP contribution in [0.3, 0.4) is 0 Å². The number of carbonyl (C=O) groups is 2. The Labute approximate surface area is 236 Å². The molecule has 2 aliphatic carbocycles. The number of anilines is 1. The van der Waals surface area contributed by atoms with Crippen LogP contribution < -0.4 is 11.1 Å². The molecule has 1 aliphatic heterocycles. The smallest absolute Gasteiger partial charge is 0.253 e. The monoisotopic (exact) mass is 554 g/mol. The van der Waals surface area contributed by atoms with Gasteiger partial charge in [-0.3, -0.25) is 9.59 Å². The van der Waals surface area contributed by atoms with Gasteiger partial charge in [0.1, 0.15) is 5.82 Å². The molecular formula is C31H43FN4O4. The van der Waals surface area contributed by atoms with Crippen LogP contribution in [0.1, 0.15) is 97.5 Å². The van der Waals surface area contributed by atoms with Gasteiger partial charge in [-0.15, -0.1) is 0 Å². The molecule has 5 rings (SSSR count). The number of nitrogens with one attached hydrogen (secondary N) is 1. The molecule has 3 aliphatic rings. The van der Waals surface area contributed by atoms with Crippen molar-refractivity contribution in [2.45, 2.75) is 91.6 Å². The molecule has 2 aromatic rings. The highest BCUT2D eigenvalue weighted by molar-refractivity contribution is 6.01. The van der Waals surface area contributed by atoms with Crippen LogP contribution in [0.25, 0.3) is 5.69 Å². The van der Waals surface area contributed by atoms with Gasteiger partial charge < -0.3 is 30.0 Å². The number of fused-ring (bicyclic) bond motifs is 3. The van der Waals surface area contributed by atoms with E-state index in [4.69, 9.17) is 15.2 Å². The lowest BCUT2D eigenvalue weighted by atomic mass is 9.75. The van der Waals surface area contributed by atoms with Gasteiger partial charge in [0.15, 0.2) is 5.78 Å². The van der Waals surface area contributed by atoms with Crippen molar-refractivity contribution in [1.29, 1.82) is 0 Å². The molecule has 1 amide bonds. The molecule has 0 saturated heterocycles. The van der Waals surface area contributed by atoms with E-state index in [0.717, 1.165) is 74.4 Å². The van der Waals surface area contributed by atoms with Crippen molar-refractivity contribution in [3.8, 4) is 5.69 Å². The third-order valence-corrected chi connectivity index (χ3v) is 8.80. The predicted molar refractivity (Wildman–Crippen MR) is 153 cm³/mol. The zero-order chi connectivity index (χ0) is 28.6.